The molecule has 1 aromatic heterocycles. The second-order valence-corrected chi connectivity index (χ2v) is 5.84. The maximum atomic E-state index is 5.84. The topological polar surface area (TPSA) is 64.9 Å². The number of nitrogens with zero attached hydrogens (tertiary/aromatic N) is 2. The van der Waals surface area contributed by atoms with E-state index < -0.39 is 0 Å². The first kappa shape index (κ1) is 14.4. The first-order valence-corrected chi connectivity index (χ1v) is 7.58. The van der Waals surface area contributed by atoms with Crippen molar-refractivity contribution >= 4 is 23.4 Å². The first-order chi connectivity index (χ1) is 9.19. The molecule has 0 aliphatic carbocycles. The summed E-state index contributed by atoms with van der Waals surface area (Å²) in [5.41, 5.74) is 6.47. The van der Waals surface area contributed by atoms with Crippen LogP contribution in [-0.4, -0.2) is 22.4 Å². The summed E-state index contributed by atoms with van der Waals surface area (Å²) >= 11 is 7.59. The largest absolute Gasteiger partial charge is 0.338 e. The van der Waals surface area contributed by atoms with Gasteiger partial charge in [-0.2, -0.15) is 16.7 Å². The quantitative estimate of drug-likeness (QED) is 0.887. The molecule has 1 heterocycles. The Labute approximate surface area is 121 Å². The number of hydrogen-bond donors (Lipinski definition) is 1. The molecule has 0 amide bonds. The lowest BCUT2D eigenvalue weighted by molar-refractivity contribution is 0.391. The Morgan fingerprint density at radius 2 is 2.11 bits per heavy atom. The van der Waals surface area contributed by atoms with Crippen LogP contribution in [0.25, 0.3) is 11.4 Å². The lowest BCUT2D eigenvalue weighted by Gasteiger charge is -2.05. The van der Waals surface area contributed by atoms with Crippen molar-refractivity contribution in [2.24, 2.45) is 11.7 Å². The van der Waals surface area contributed by atoms with Gasteiger partial charge in [-0.05, 0) is 42.5 Å². The third kappa shape index (κ3) is 4.23. The highest BCUT2D eigenvalue weighted by atomic mass is 35.5. The van der Waals surface area contributed by atoms with Crippen LogP contribution in [0.3, 0.4) is 0 Å². The van der Waals surface area contributed by atoms with E-state index in [4.69, 9.17) is 21.9 Å². The predicted molar refractivity (Wildman–Crippen MR) is 79.1 cm³/mol. The number of thioether (sulfide) groups is 1. The van der Waals surface area contributed by atoms with Crippen molar-refractivity contribution in [3.63, 3.8) is 0 Å². The smallest absolute Gasteiger partial charge is 0.236 e. The summed E-state index contributed by atoms with van der Waals surface area (Å²) in [5, 5.41) is 4.66. The molecule has 1 aromatic carbocycles. The Kier molecular flexibility index (Phi) is 5.24. The van der Waals surface area contributed by atoms with Crippen molar-refractivity contribution in [2.75, 3.05) is 12.3 Å². The molecular formula is C13H16ClN3OS. The lowest BCUT2D eigenvalue weighted by atomic mass is 10.2. The molecule has 2 aromatic rings. The van der Waals surface area contributed by atoms with Gasteiger partial charge in [0.1, 0.15) is 0 Å². The maximum absolute atomic E-state index is 5.84. The minimum atomic E-state index is 0.503. The van der Waals surface area contributed by atoms with Gasteiger partial charge in [0.15, 0.2) is 0 Å². The normalized spacial score (nSPS) is 12.6. The van der Waals surface area contributed by atoms with Crippen LogP contribution in [0.1, 0.15) is 12.8 Å². The van der Waals surface area contributed by atoms with Gasteiger partial charge in [0.05, 0.1) is 5.75 Å². The average molecular weight is 298 g/mol. The molecule has 0 bridgehead atoms. The minimum absolute atomic E-state index is 0.503. The summed E-state index contributed by atoms with van der Waals surface area (Å²) in [6.45, 7) is 2.83. The van der Waals surface area contributed by atoms with E-state index in [-0.39, 0.29) is 0 Å². The summed E-state index contributed by atoms with van der Waals surface area (Å²) in [4.78, 5) is 4.36. The van der Waals surface area contributed by atoms with Crippen molar-refractivity contribution < 1.29 is 4.52 Å². The van der Waals surface area contributed by atoms with Crippen molar-refractivity contribution in [3.05, 3.63) is 35.2 Å². The van der Waals surface area contributed by atoms with Gasteiger partial charge >= 0.3 is 0 Å². The number of rotatable bonds is 6. The highest BCUT2D eigenvalue weighted by molar-refractivity contribution is 7.98. The molecule has 4 nitrogen and oxygen atoms in total. The van der Waals surface area contributed by atoms with Gasteiger partial charge in [0.2, 0.25) is 11.7 Å². The standard InChI is InChI=1S/C13H16ClN3OS/c1-9(6-15)7-19-8-12-16-13(17-18-12)10-2-4-11(14)5-3-10/h2-5,9H,6-8,15H2,1H3. The van der Waals surface area contributed by atoms with Crippen LogP contribution in [0, 0.1) is 5.92 Å². The van der Waals surface area contributed by atoms with Crippen molar-refractivity contribution in [1.82, 2.24) is 10.1 Å². The zero-order valence-corrected chi connectivity index (χ0v) is 12.2. The highest BCUT2D eigenvalue weighted by Crippen LogP contribution is 2.20. The molecule has 0 saturated heterocycles. The molecule has 1 atom stereocenters. The summed E-state index contributed by atoms with van der Waals surface area (Å²) in [6.07, 6.45) is 0. The Morgan fingerprint density at radius 1 is 1.37 bits per heavy atom. The predicted octanol–water partition coefficient (Wildman–Crippen LogP) is 3.22. The number of aromatic nitrogens is 2. The highest BCUT2D eigenvalue weighted by Gasteiger charge is 2.09. The number of benzene rings is 1. The zero-order chi connectivity index (χ0) is 13.7. The van der Waals surface area contributed by atoms with Gasteiger partial charge in [-0.25, -0.2) is 0 Å². The van der Waals surface area contributed by atoms with Crippen LogP contribution >= 0.6 is 23.4 Å². The van der Waals surface area contributed by atoms with Crippen molar-refractivity contribution in [1.29, 1.82) is 0 Å². The molecule has 2 rings (SSSR count). The molecule has 1 unspecified atom stereocenters. The fourth-order valence-corrected chi connectivity index (χ4v) is 2.52. The molecule has 102 valence electrons. The first-order valence-electron chi connectivity index (χ1n) is 6.05. The van der Waals surface area contributed by atoms with E-state index in [0.29, 0.717) is 35.0 Å². The number of nitrogens with two attached hydrogens (primary N) is 1. The molecule has 19 heavy (non-hydrogen) atoms. The Bertz CT molecular complexity index is 515. The van der Waals surface area contributed by atoms with Crippen LogP contribution < -0.4 is 5.73 Å². The van der Waals surface area contributed by atoms with E-state index in [1.54, 1.807) is 11.8 Å². The Morgan fingerprint density at radius 3 is 2.79 bits per heavy atom. The third-order valence-electron chi connectivity index (χ3n) is 2.60. The fraction of sp³-hybridized carbons (Fsp3) is 0.385. The van der Waals surface area contributed by atoms with Crippen molar-refractivity contribution in [3.8, 4) is 11.4 Å². The van der Waals surface area contributed by atoms with E-state index in [9.17, 15) is 0 Å². The molecule has 0 saturated carbocycles. The summed E-state index contributed by atoms with van der Waals surface area (Å²) < 4.78 is 5.22. The van der Waals surface area contributed by atoms with Gasteiger partial charge in [-0.1, -0.05) is 23.7 Å². The third-order valence-corrected chi connectivity index (χ3v) is 4.11. The maximum Gasteiger partial charge on any atom is 0.236 e. The SMILES string of the molecule is CC(CN)CSCc1nc(-c2ccc(Cl)cc2)no1. The van der Waals surface area contributed by atoms with Crippen LogP contribution in [0.5, 0.6) is 0 Å². The molecule has 2 N–H and O–H groups in total. The summed E-state index contributed by atoms with van der Waals surface area (Å²) in [7, 11) is 0. The second kappa shape index (κ2) is 6.93. The van der Waals surface area contributed by atoms with Gasteiger partial charge in [0, 0.05) is 10.6 Å². The molecule has 0 aliphatic heterocycles. The lowest BCUT2D eigenvalue weighted by Crippen LogP contribution is -2.12. The minimum Gasteiger partial charge on any atom is -0.338 e. The van der Waals surface area contributed by atoms with Gasteiger partial charge in [-0.3, -0.25) is 0 Å². The van der Waals surface area contributed by atoms with Gasteiger partial charge < -0.3 is 10.3 Å². The molecule has 6 heteroatoms. The molecular weight excluding hydrogens is 282 g/mol. The van der Waals surface area contributed by atoms with Gasteiger partial charge in [-0.15, -0.1) is 0 Å². The zero-order valence-electron chi connectivity index (χ0n) is 10.7. The number of halogens is 1. The molecule has 0 spiro atoms. The average Bonchev–Trinajstić information content (AvgIpc) is 2.88. The summed E-state index contributed by atoms with van der Waals surface area (Å²) in [5.74, 6) is 3.45. The van der Waals surface area contributed by atoms with Crippen LogP contribution in [0.15, 0.2) is 28.8 Å². The van der Waals surface area contributed by atoms with E-state index in [0.717, 1.165) is 11.3 Å². The summed E-state index contributed by atoms with van der Waals surface area (Å²) in [6, 6.07) is 7.37. The van der Waals surface area contributed by atoms with Gasteiger partial charge in [0.25, 0.3) is 0 Å². The number of hydrogen-bond acceptors (Lipinski definition) is 5. The van der Waals surface area contributed by atoms with Crippen molar-refractivity contribution in [2.45, 2.75) is 12.7 Å². The van der Waals surface area contributed by atoms with E-state index in [2.05, 4.69) is 17.1 Å². The van der Waals surface area contributed by atoms with E-state index in [1.165, 1.54) is 0 Å². The van der Waals surface area contributed by atoms with E-state index in [1.807, 2.05) is 24.3 Å². The van der Waals surface area contributed by atoms with Crippen LogP contribution in [-0.2, 0) is 5.75 Å². The second-order valence-electron chi connectivity index (χ2n) is 4.37. The Hall–Kier alpha value is -1.04. The fourth-order valence-electron chi connectivity index (χ4n) is 1.45. The van der Waals surface area contributed by atoms with E-state index >= 15 is 0 Å². The van der Waals surface area contributed by atoms with Crippen LogP contribution in [0.2, 0.25) is 5.02 Å². The van der Waals surface area contributed by atoms with Crippen LogP contribution in [0.4, 0.5) is 0 Å². The molecule has 0 aliphatic rings. The Balaban J connectivity index is 1.93. The molecule has 0 fully saturated rings. The monoisotopic (exact) mass is 297 g/mol. The molecule has 0 radical (unpaired) electrons.